The Balaban J connectivity index is 1.16. The molecule has 0 bridgehead atoms. The third-order valence-electron chi connectivity index (χ3n) is 8.05. The molecule has 5 aromatic carbocycles. The molecule has 0 atom stereocenters. The van der Waals surface area contributed by atoms with Crippen LogP contribution in [0.3, 0.4) is 0 Å². The van der Waals surface area contributed by atoms with Gasteiger partial charge in [-0.05, 0) is 35.4 Å². The van der Waals surface area contributed by atoms with Crippen LogP contribution in [-0.4, -0.2) is 29.9 Å². The first-order valence-electron chi connectivity index (χ1n) is 15.7. The smallest absolute Gasteiger partial charge is 0.165 e. The first-order valence-corrected chi connectivity index (χ1v) is 15.7. The van der Waals surface area contributed by atoms with E-state index in [-0.39, 0.29) is 0 Å². The minimum absolute atomic E-state index is 0.582. The van der Waals surface area contributed by atoms with Crippen LogP contribution in [0.5, 0.6) is 0 Å². The van der Waals surface area contributed by atoms with Crippen LogP contribution in [0.15, 0.2) is 170 Å². The van der Waals surface area contributed by atoms with Crippen molar-refractivity contribution >= 4 is 0 Å². The Bertz CT molecular complexity index is 2190. The summed E-state index contributed by atoms with van der Waals surface area (Å²) in [4.78, 5) is 28.7. The van der Waals surface area contributed by atoms with Gasteiger partial charge in [-0.1, -0.05) is 133 Å². The van der Waals surface area contributed by atoms with E-state index in [2.05, 4.69) is 71.7 Å². The predicted molar refractivity (Wildman–Crippen MR) is 191 cm³/mol. The van der Waals surface area contributed by atoms with Crippen LogP contribution < -0.4 is 0 Å². The lowest BCUT2D eigenvalue weighted by atomic mass is 9.99. The Morgan fingerprint density at radius 2 is 0.708 bits per heavy atom. The molecule has 0 amide bonds. The predicted octanol–water partition coefficient (Wildman–Crippen LogP) is 9.73. The molecule has 0 aliphatic rings. The van der Waals surface area contributed by atoms with Gasteiger partial charge in [0.15, 0.2) is 23.3 Å². The lowest BCUT2D eigenvalue weighted by Crippen LogP contribution is -2.00. The molecule has 8 rings (SSSR count). The number of hydrogen-bond acceptors (Lipinski definition) is 6. The number of rotatable bonds is 7. The average molecular weight is 617 g/mol. The normalized spacial score (nSPS) is 10.9. The van der Waals surface area contributed by atoms with Crippen molar-refractivity contribution in [1.82, 2.24) is 29.9 Å². The Morgan fingerprint density at radius 1 is 0.271 bits per heavy atom. The van der Waals surface area contributed by atoms with E-state index < -0.39 is 0 Å². The van der Waals surface area contributed by atoms with Gasteiger partial charge in [0.1, 0.15) is 0 Å². The molecule has 0 fully saturated rings. The molecule has 0 saturated heterocycles. The fraction of sp³-hybridized carbons (Fsp3) is 0. The van der Waals surface area contributed by atoms with E-state index in [0.717, 1.165) is 55.9 Å². The number of aromatic nitrogens is 6. The molecule has 3 heterocycles. The van der Waals surface area contributed by atoms with E-state index in [4.69, 9.17) is 24.9 Å². The van der Waals surface area contributed by atoms with Crippen LogP contribution in [0.2, 0.25) is 0 Å². The van der Waals surface area contributed by atoms with Crippen LogP contribution in [-0.2, 0) is 0 Å². The van der Waals surface area contributed by atoms with Crippen molar-refractivity contribution in [3.8, 4) is 79.2 Å². The van der Waals surface area contributed by atoms with Crippen LogP contribution in [0, 0.1) is 0 Å². The lowest BCUT2D eigenvalue weighted by molar-refractivity contribution is 1.07. The van der Waals surface area contributed by atoms with Crippen molar-refractivity contribution in [3.63, 3.8) is 0 Å². The summed E-state index contributed by atoms with van der Waals surface area (Å²) in [7, 11) is 0. The van der Waals surface area contributed by atoms with Gasteiger partial charge in [-0.3, -0.25) is 4.98 Å². The summed E-state index contributed by atoms with van der Waals surface area (Å²) in [5.74, 6) is 2.50. The Labute approximate surface area is 278 Å². The summed E-state index contributed by atoms with van der Waals surface area (Å²) in [6.45, 7) is 0. The van der Waals surface area contributed by atoms with Gasteiger partial charge in [0.05, 0.1) is 11.4 Å². The third-order valence-corrected chi connectivity index (χ3v) is 8.05. The second-order valence-electron chi connectivity index (χ2n) is 11.3. The van der Waals surface area contributed by atoms with Gasteiger partial charge >= 0.3 is 0 Å². The third kappa shape index (κ3) is 6.10. The van der Waals surface area contributed by atoms with Crippen molar-refractivity contribution < 1.29 is 0 Å². The summed E-state index contributed by atoms with van der Waals surface area (Å²) in [6.07, 6.45) is 3.51. The highest BCUT2D eigenvalue weighted by molar-refractivity contribution is 5.77. The maximum atomic E-state index is 5.02. The quantitative estimate of drug-likeness (QED) is 0.177. The monoisotopic (exact) mass is 616 g/mol. The summed E-state index contributed by atoms with van der Waals surface area (Å²) in [6, 6.07) is 53.0. The minimum Gasteiger partial charge on any atom is -0.264 e. The van der Waals surface area contributed by atoms with Crippen molar-refractivity contribution in [2.75, 3.05) is 0 Å². The van der Waals surface area contributed by atoms with Crippen LogP contribution in [0.25, 0.3) is 79.2 Å². The van der Waals surface area contributed by atoms with Gasteiger partial charge < -0.3 is 0 Å². The number of hydrogen-bond donors (Lipinski definition) is 0. The van der Waals surface area contributed by atoms with Gasteiger partial charge in [-0.25, -0.2) is 24.9 Å². The van der Waals surface area contributed by atoms with Crippen molar-refractivity contribution in [1.29, 1.82) is 0 Å². The van der Waals surface area contributed by atoms with Crippen molar-refractivity contribution in [2.45, 2.75) is 0 Å². The van der Waals surface area contributed by atoms with E-state index in [1.165, 1.54) is 0 Å². The largest absolute Gasteiger partial charge is 0.264 e. The summed E-state index contributed by atoms with van der Waals surface area (Å²) in [5.41, 5.74) is 9.60. The average Bonchev–Trinajstić information content (AvgIpc) is 3.19. The lowest BCUT2D eigenvalue weighted by Gasteiger charge is -2.11. The fourth-order valence-corrected chi connectivity index (χ4v) is 5.58. The molecule has 0 radical (unpaired) electrons. The molecule has 0 N–H and O–H groups in total. The van der Waals surface area contributed by atoms with E-state index in [0.29, 0.717) is 23.3 Å². The molecule has 3 aromatic heterocycles. The molecule has 0 saturated carbocycles. The zero-order valence-corrected chi connectivity index (χ0v) is 25.8. The highest BCUT2D eigenvalue weighted by atomic mass is 15.0. The molecule has 0 aliphatic carbocycles. The zero-order valence-electron chi connectivity index (χ0n) is 25.8. The fourth-order valence-electron chi connectivity index (χ4n) is 5.58. The van der Waals surface area contributed by atoms with E-state index in [1.54, 1.807) is 12.4 Å². The van der Waals surface area contributed by atoms with Gasteiger partial charge in [0, 0.05) is 45.8 Å². The van der Waals surface area contributed by atoms with E-state index in [1.807, 2.05) is 91.0 Å². The Kier molecular flexibility index (Phi) is 7.79. The molecule has 8 aromatic rings. The second kappa shape index (κ2) is 13.0. The molecule has 0 aliphatic heterocycles. The number of nitrogens with zero attached hydrogens (tertiary/aromatic N) is 6. The molecule has 0 unspecified atom stereocenters. The minimum atomic E-state index is 0.582. The summed E-state index contributed by atoms with van der Waals surface area (Å²) < 4.78 is 0. The standard InChI is InChI=1S/C42H28N6/c1-4-12-30(13-5-1)37-27-38(45-39(44-37)31-14-6-2-7-15-31)35-19-10-18-34(26-35)29-21-23-33(24-22-29)41-46-40(32-16-8-3-9-17-32)47-42(48-41)36-20-11-25-43-28-36/h1-28H. The highest BCUT2D eigenvalue weighted by Crippen LogP contribution is 2.31. The van der Waals surface area contributed by atoms with E-state index >= 15 is 0 Å². The van der Waals surface area contributed by atoms with Crippen molar-refractivity contribution in [3.05, 3.63) is 170 Å². The van der Waals surface area contributed by atoms with Crippen LogP contribution in [0.1, 0.15) is 0 Å². The zero-order chi connectivity index (χ0) is 32.1. The van der Waals surface area contributed by atoms with Gasteiger partial charge in [0.2, 0.25) is 0 Å². The Hall–Kier alpha value is -6.66. The van der Waals surface area contributed by atoms with Gasteiger partial charge in [-0.15, -0.1) is 0 Å². The van der Waals surface area contributed by atoms with E-state index in [9.17, 15) is 0 Å². The summed E-state index contributed by atoms with van der Waals surface area (Å²) in [5, 5.41) is 0. The van der Waals surface area contributed by atoms with Crippen LogP contribution >= 0.6 is 0 Å². The molecular weight excluding hydrogens is 589 g/mol. The molecule has 6 heteroatoms. The Morgan fingerprint density at radius 3 is 1.29 bits per heavy atom. The topological polar surface area (TPSA) is 77.3 Å². The molecule has 226 valence electrons. The van der Waals surface area contributed by atoms with Gasteiger partial charge in [-0.2, -0.15) is 0 Å². The second-order valence-corrected chi connectivity index (χ2v) is 11.3. The maximum absolute atomic E-state index is 5.02. The summed E-state index contributed by atoms with van der Waals surface area (Å²) >= 11 is 0. The maximum Gasteiger partial charge on any atom is 0.165 e. The molecule has 48 heavy (non-hydrogen) atoms. The highest BCUT2D eigenvalue weighted by Gasteiger charge is 2.14. The first-order chi connectivity index (χ1) is 23.8. The number of pyridine rings is 1. The van der Waals surface area contributed by atoms with Gasteiger partial charge in [0.25, 0.3) is 0 Å². The molecular formula is C42H28N6. The van der Waals surface area contributed by atoms with Crippen LogP contribution in [0.4, 0.5) is 0 Å². The molecule has 6 nitrogen and oxygen atoms in total. The first kappa shape index (κ1) is 28.8. The SMILES string of the molecule is c1ccc(-c2cc(-c3cccc(-c4ccc(-c5nc(-c6ccccc6)nc(-c6cccnc6)n5)cc4)c3)nc(-c3ccccc3)n2)cc1. The molecule has 0 spiro atoms. The van der Waals surface area contributed by atoms with Crippen molar-refractivity contribution in [2.24, 2.45) is 0 Å². The number of benzene rings is 5.